The number of aryl methyl sites for hydroxylation is 2. The van der Waals surface area contributed by atoms with Crippen molar-refractivity contribution >= 4 is 0 Å². The van der Waals surface area contributed by atoms with Gasteiger partial charge in [-0.15, -0.1) is 0 Å². The highest BCUT2D eigenvalue weighted by molar-refractivity contribution is 5.43. The van der Waals surface area contributed by atoms with Crippen LogP contribution in [0.3, 0.4) is 0 Å². The summed E-state index contributed by atoms with van der Waals surface area (Å²) in [4.78, 5) is 0. The zero-order valence-electron chi connectivity index (χ0n) is 15.2. The van der Waals surface area contributed by atoms with E-state index in [1.54, 1.807) is 21.0 Å². The summed E-state index contributed by atoms with van der Waals surface area (Å²) in [6.45, 7) is 6.47. The van der Waals surface area contributed by atoms with Crippen molar-refractivity contribution in [2.45, 2.75) is 33.4 Å². The van der Waals surface area contributed by atoms with Crippen molar-refractivity contribution in [3.63, 3.8) is 0 Å². The van der Waals surface area contributed by atoms with Gasteiger partial charge in [0.1, 0.15) is 12.4 Å². The number of hydrogen-bond donors (Lipinski definition) is 2. The lowest BCUT2D eigenvalue weighted by molar-refractivity contribution is 0.196. The van der Waals surface area contributed by atoms with Crippen LogP contribution < -0.4 is 14.8 Å². The van der Waals surface area contributed by atoms with Gasteiger partial charge in [0.15, 0.2) is 11.5 Å². The molecule has 2 N–H and O–H groups in total. The zero-order chi connectivity index (χ0) is 18.4. The van der Waals surface area contributed by atoms with Crippen LogP contribution in [0.2, 0.25) is 0 Å². The van der Waals surface area contributed by atoms with Crippen LogP contribution in [0, 0.1) is 19.7 Å². The Balaban J connectivity index is 2.05. The molecule has 5 heteroatoms. The van der Waals surface area contributed by atoms with E-state index in [2.05, 4.69) is 12.2 Å². The predicted octanol–water partition coefficient (Wildman–Crippen LogP) is 3.67. The molecule has 0 bridgehead atoms. The molecule has 1 atom stereocenters. The molecule has 0 amide bonds. The fourth-order valence-electron chi connectivity index (χ4n) is 2.71. The van der Waals surface area contributed by atoms with E-state index < -0.39 is 0 Å². The minimum absolute atomic E-state index is 0.0412. The standard InChI is InChI=1S/C20H26FNO3/c1-13-9-17(10-14(2)20(13)21)15(3)22-12-16-5-6-18(25-8-7-23)19(11-16)24-4/h5-6,9-11,15,22-23H,7-8,12H2,1-4H3. The summed E-state index contributed by atoms with van der Waals surface area (Å²) in [5.41, 5.74) is 3.44. The summed E-state index contributed by atoms with van der Waals surface area (Å²) in [5.74, 6) is 1.10. The van der Waals surface area contributed by atoms with E-state index in [0.717, 1.165) is 11.1 Å². The molecule has 0 saturated carbocycles. The van der Waals surface area contributed by atoms with E-state index >= 15 is 0 Å². The maximum Gasteiger partial charge on any atom is 0.161 e. The molecule has 0 heterocycles. The Morgan fingerprint density at radius 3 is 2.40 bits per heavy atom. The quantitative estimate of drug-likeness (QED) is 0.765. The number of nitrogens with one attached hydrogen (secondary N) is 1. The summed E-state index contributed by atoms with van der Waals surface area (Å²) < 4.78 is 24.5. The van der Waals surface area contributed by atoms with E-state index in [0.29, 0.717) is 29.2 Å². The van der Waals surface area contributed by atoms with E-state index in [-0.39, 0.29) is 25.1 Å². The molecule has 4 nitrogen and oxygen atoms in total. The molecule has 2 aromatic carbocycles. The molecule has 0 saturated heterocycles. The first-order valence-corrected chi connectivity index (χ1v) is 8.36. The third kappa shape index (κ3) is 4.94. The maximum absolute atomic E-state index is 13.8. The molecule has 0 fully saturated rings. The summed E-state index contributed by atoms with van der Waals surface area (Å²) in [7, 11) is 1.59. The van der Waals surface area contributed by atoms with Crippen molar-refractivity contribution in [3.8, 4) is 11.5 Å². The molecule has 0 spiro atoms. The third-order valence-corrected chi connectivity index (χ3v) is 4.15. The van der Waals surface area contributed by atoms with Gasteiger partial charge in [-0.3, -0.25) is 0 Å². The van der Waals surface area contributed by atoms with Gasteiger partial charge in [-0.2, -0.15) is 0 Å². The van der Waals surface area contributed by atoms with Gasteiger partial charge in [-0.25, -0.2) is 4.39 Å². The molecule has 0 aliphatic heterocycles. The van der Waals surface area contributed by atoms with Crippen molar-refractivity contribution in [2.75, 3.05) is 20.3 Å². The van der Waals surface area contributed by atoms with Crippen molar-refractivity contribution in [1.82, 2.24) is 5.32 Å². The molecule has 2 aromatic rings. The fourth-order valence-corrected chi connectivity index (χ4v) is 2.71. The maximum atomic E-state index is 13.8. The van der Waals surface area contributed by atoms with Gasteiger partial charge in [-0.1, -0.05) is 18.2 Å². The highest BCUT2D eigenvalue weighted by Gasteiger charge is 2.11. The minimum atomic E-state index is -0.140. The van der Waals surface area contributed by atoms with Gasteiger partial charge in [-0.05, 0) is 55.2 Å². The fraction of sp³-hybridized carbons (Fsp3) is 0.400. The SMILES string of the molecule is COc1cc(CNC(C)c2cc(C)c(F)c(C)c2)ccc1OCCO. The Morgan fingerprint density at radius 1 is 1.12 bits per heavy atom. The molecule has 25 heavy (non-hydrogen) atoms. The van der Waals surface area contributed by atoms with Gasteiger partial charge in [0.2, 0.25) is 0 Å². The Morgan fingerprint density at radius 2 is 1.80 bits per heavy atom. The second-order valence-electron chi connectivity index (χ2n) is 6.13. The molecule has 1 unspecified atom stereocenters. The van der Waals surface area contributed by atoms with Crippen LogP contribution >= 0.6 is 0 Å². The number of hydrogen-bond acceptors (Lipinski definition) is 4. The van der Waals surface area contributed by atoms with Crippen LogP contribution in [0.1, 0.15) is 35.2 Å². The van der Waals surface area contributed by atoms with E-state index in [9.17, 15) is 4.39 Å². The molecule has 136 valence electrons. The monoisotopic (exact) mass is 347 g/mol. The first-order valence-electron chi connectivity index (χ1n) is 8.36. The van der Waals surface area contributed by atoms with Crippen molar-refractivity contribution in [1.29, 1.82) is 0 Å². The van der Waals surface area contributed by atoms with Crippen LogP contribution in [0.5, 0.6) is 11.5 Å². The van der Waals surface area contributed by atoms with Crippen LogP contribution in [0.25, 0.3) is 0 Å². The Hall–Kier alpha value is -2.11. The summed E-state index contributed by atoms with van der Waals surface area (Å²) in [6, 6.07) is 9.56. The highest BCUT2D eigenvalue weighted by atomic mass is 19.1. The Labute approximate surface area is 148 Å². The van der Waals surface area contributed by atoms with Gasteiger partial charge in [0.25, 0.3) is 0 Å². The summed E-state index contributed by atoms with van der Waals surface area (Å²) >= 11 is 0. The Bertz CT molecular complexity index is 695. The van der Waals surface area contributed by atoms with Crippen molar-refractivity contribution < 1.29 is 19.0 Å². The molecule has 0 aliphatic carbocycles. The molecule has 2 rings (SSSR count). The average molecular weight is 347 g/mol. The number of ether oxygens (including phenoxy) is 2. The van der Waals surface area contributed by atoms with E-state index in [1.807, 2.05) is 30.3 Å². The topological polar surface area (TPSA) is 50.7 Å². The second-order valence-corrected chi connectivity index (χ2v) is 6.13. The van der Waals surface area contributed by atoms with Gasteiger partial charge in [0, 0.05) is 12.6 Å². The highest BCUT2D eigenvalue weighted by Crippen LogP contribution is 2.28. The Kier molecular flexibility index (Phi) is 6.79. The van der Waals surface area contributed by atoms with E-state index in [1.165, 1.54) is 0 Å². The van der Waals surface area contributed by atoms with Crippen LogP contribution in [-0.4, -0.2) is 25.4 Å². The van der Waals surface area contributed by atoms with Gasteiger partial charge in [0.05, 0.1) is 13.7 Å². The summed E-state index contributed by atoms with van der Waals surface area (Å²) in [6.07, 6.45) is 0. The van der Waals surface area contributed by atoms with Gasteiger partial charge >= 0.3 is 0 Å². The lowest BCUT2D eigenvalue weighted by Crippen LogP contribution is -2.18. The van der Waals surface area contributed by atoms with Crippen LogP contribution in [-0.2, 0) is 6.54 Å². The van der Waals surface area contributed by atoms with Crippen molar-refractivity contribution in [2.24, 2.45) is 0 Å². The zero-order valence-corrected chi connectivity index (χ0v) is 15.2. The smallest absolute Gasteiger partial charge is 0.161 e. The molecular weight excluding hydrogens is 321 g/mol. The number of aliphatic hydroxyl groups is 1. The van der Waals surface area contributed by atoms with Gasteiger partial charge < -0.3 is 19.9 Å². The van der Waals surface area contributed by atoms with E-state index in [4.69, 9.17) is 14.6 Å². The molecular formula is C20H26FNO3. The number of benzene rings is 2. The molecule has 0 aliphatic rings. The first kappa shape index (κ1) is 19.2. The molecule has 0 aromatic heterocycles. The predicted molar refractivity (Wildman–Crippen MR) is 96.7 cm³/mol. The molecule has 0 radical (unpaired) electrons. The first-order chi connectivity index (χ1) is 12.0. The average Bonchev–Trinajstić information content (AvgIpc) is 2.62. The minimum Gasteiger partial charge on any atom is -0.493 e. The lowest BCUT2D eigenvalue weighted by atomic mass is 10.0. The summed E-state index contributed by atoms with van der Waals surface area (Å²) in [5, 5.41) is 12.3. The van der Waals surface area contributed by atoms with Crippen LogP contribution in [0.4, 0.5) is 4.39 Å². The normalized spacial score (nSPS) is 12.1. The van der Waals surface area contributed by atoms with Crippen LogP contribution in [0.15, 0.2) is 30.3 Å². The largest absolute Gasteiger partial charge is 0.493 e. The second kappa shape index (κ2) is 8.83. The number of aliphatic hydroxyl groups excluding tert-OH is 1. The number of halogens is 1. The number of rotatable bonds is 8. The lowest BCUT2D eigenvalue weighted by Gasteiger charge is -2.17. The van der Waals surface area contributed by atoms with Crippen molar-refractivity contribution in [3.05, 3.63) is 58.4 Å². The third-order valence-electron chi connectivity index (χ3n) is 4.15. The number of methoxy groups -OCH3 is 1.